The smallest absolute Gasteiger partial charge is 0.317 e. The number of nitrogens with zero attached hydrogens (tertiary/aromatic N) is 3. The molecule has 0 radical (unpaired) electrons. The Labute approximate surface area is 163 Å². The Balaban J connectivity index is 1.61. The summed E-state index contributed by atoms with van der Waals surface area (Å²) in [6.07, 6.45) is 8.21. The van der Waals surface area contributed by atoms with Gasteiger partial charge >= 0.3 is 6.03 Å². The van der Waals surface area contributed by atoms with Crippen LogP contribution in [0.2, 0.25) is 0 Å². The van der Waals surface area contributed by atoms with E-state index in [9.17, 15) is 9.59 Å². The van der Waals surface area contributed by atoms with Crippen LogP contribution in [0.5, 0.6) is 0 Å². The summed E-state index contributed by atoms with van der Waals surface area (Å²) in [5.74, 6) is 0.209. The average Bonchev–Trinajstić information content (AvgIpc) is 2.83. The Kier molecular flexibility index (Phi) is 6.98. The van der Waals surface area contributed by atoms with E-state index >= 15 is 0 Å². The average molecular weight is 381 g/mol. The Morgan fingerprint density at radius 2 is 1.96 bits per heavy atom. The van der Waals surface area contributed by atoms with Crippen molar-refractivity contribution in [2.45, 2.75) is 62.9 Å². The zero-order valence-corrected chi connectivity index (χ0v) is 17.0. The van der Waals surface area contributed by atoms with Crippen molar-refractivity contribution in [3.63, 3.8) is 0 Å². The number of rotatable bonds is 4. The van der Waals surface area contributed by atoms with Crippen LogP contribution in [0.3, 0.4) is 0 Å². The van der Waals surface area contributed by atoms with Crippen molar-refractivity contribution in [3.05, 3.63) is 0 Å². The highest BCUT2D eigenvalue weighted by Gasteiger charge is 2.43. The number of carbonyl (C=O) groups excluding carboxylic acids is 2. The third-order valence-electron chi connectivity index (χ3n) is 6.79. The maximum atomic E-state index is 12.9. The molecule has 3 aliphatic rings. The zero-order valence-electron chi connectivity index (χ0n) is 17.0. The number of likely N-dealkylation sites (N-methyl/N-ethyl adjacent to an activating group) is 1. The minimum absolute atomic E-state index is 0.0844. The van der Waals surface area contributed by atoms with Crippen molar-refractivity contribution < 1.29 is 14.3 Å². The molecule has 0 aromatic rings. The molecule has 1 spiro atoms. The monoisotopic (exact) mass is 380 g/mol. The van der Waals surface area contributed by atoms with Gasteiger partial charge in [0.25, 0.3) is 0 Å². The first-order chi connectivity index (χ1) is 13.0. The summed E-state index contributed by atoms with van der Waals surface area (Å²) in [6, 6.07) is 0.420. The van der Waals surface area contributed by atoms with E-state index in [1.807, 2.05) is 9.80 Å². The maximum Gasteiger partial charge on any atom is 0.317 e. The highest BCUT2D eigenvalue weighted by molar-refractivity contribution is 5.77. The summed E-state index contributed by atoms with van der Waals surface area (Å²) < 4.78 is 5.15. The van der Waals surface area contributed by atoms with Crippen LogP contribution in [0.4, 0.5) is 4.79 Å². The number of methoxy groups -OCH3 is 1. The number of piperazine rings is 1. The molecular formula is C20H36N4O3. The van der Waals surface area contributed by atoms with E-state index < -0.39 is 0 Å². The van der Waals surface area contributed by atoms with Crippen LogP contribution in [0.1, 0.15) is 51.4 Å². The molecule has 0 unspecified atom stereocenters. The molecule has 2 aliphatic heterocycles. The predicted molar refractivity (Wildman–Crippen MR) is 105 cm³/mol. The van der Waals surface area contributed by atoms with Gasteiger partial charge < -0.3 is 19.9 Å². The van der Waals surface area contributed by atoms with Crippen LogP contribution in [0.25, 0.3) is 0 Å². The van der Waals surface area contributed by atoms with Crippen molar-refractivity contribution in [2.75, 3.05) is 53.5 Å². The van der Waals surface area contributed by atoms with Gasteiger partial charge in [0, 0.05) is 57.8 Å². The lowest BCUT2D eigenvalue weighted by molar-refractivity contribution is -0.131. The Morgan fingerprint density at radius 1 is 1.19 bits per heavy atom. The van der Waals surface area contributed by atoms with Gasteiger partial charge in [-0.2, -0.15) is 0 Å². The highest BCUT2D eigenvalue weighted by Crippen LogP contribution is 2.32. The fraction of sp³-hybridized carbons (Fsp3) is 0.900. The van der Waals surface area contributed by atoms with Gasteiger partial charge in [0.2, 0.25) is 5.91 Å². The number of urea groups is 1. The molecule has 1 atom stereocenters. The summed E-state index contributed by atoms with van der Waals surface area (Å²) in [6.45, 7) is 4.31. The largest absolute Gasteiger partial charge is 0.383 e. The van der Waals surface area contributed by atoms with Crippen LogP contribution in [0.15, 0.2) is 0 Å². The minimum atomic E-state index is -0.0976. The molecule has 3 rings (SSSR count). The maximum absolute atomic E-state index is 12.9. The van der Waals surface area contributed by atoms with Crippen molar-refractivity contribution in [1.82, 2.24) is 20.0 Å². The first-order valence-electron chi connectivity index (χ1n) is 10.6. The van der Waals surface area contributed by atoms with Gasteiger partial charge in [0.05, 0.1) is 6.61 Å². The topological polar surface area (TPSA) is 65.1 Å². The van der Waals surface area contributed by atoms with E-state index in [-0.39, 0.29) is 17.5 Å². The SMILES string of the molecule is COCCN1CC[C@@]2(CCC1=O)CN(C(=O)NC1CCCCC1)CCN2C. The molecule has 3 fully saturated rings. The Bertz CT molecular complexity index is 523. The van der Waals surface area contributed by atoms with Gasteiger partial charge in [-0.25, -0.2) is 4.79 Å². The number of ether oxygens (including phenoxy) is 1. The van der Waals surface area contributed by atoms with E-state index in [0.29, 0.717) is 32.2 Å². The van der Waals surface area contributed by atoms with Crippen molar-refractivity contribution in [3.8, 4) is 0 Å². The summed E-state index contributed by atoms with van der Waals surface area (Å²) in [5, 5.41) is 3.26. The quantitative estimate of drug-likeness (QED) is 0.806. The van der Waals surface area contributed by atoms with Crippen LogP contribution in [-0.2, 0) is 9.53 Å². The minimum Gasteiger partial charge on any atom is -0.383 e. The van der Waals surface area contributed by atoms with Crippen LogP contribution < -0.4 is 5.32 Å². The zero-order chi connectivity index (χ0) is 19.3. The summed E-state index contributed by atoms with van der Waals surface area (Å²) in [4.78, 5) is 31.6. The van der Waals surface area contributed by atoms with Gasteiger partial charge in [-0.3, -0.25) is 9.69 Å². The number of hydrogen-bond acceptors (Lipinski definition) is 4. The van der Waals surface area contributed by atoms with Crippen LogP contribution in [0, 0.1) is 0 Å². The number of nitrogens with one attached hydrogen (secondary N) is 1. The Morgan fingerprint density at radius 3 is 2.70 bits per heavy atom. The molecule has 1 saturated carbocycles. The molecule has 0 aromatic carbocycles. The molecule has 3 amide bonds. The molecule has 27 heavy (non-hydrogen) atoms. The van der Waals surface area contributed by atoms with Crippen LogP contribution in [-0.4, -0.2) is 91.7 Å². The molecule has 7 nitrogen and oxygen atoms in total. The fourth-order valence-electron chi connectivity index (χ4n) is 4.82. The van der Waals surface area contributed by atoms with Crippen molar-refractivity contribution in [2.24, 2.45) is 0 Å². The van der Waals surface area contributed by atoms with Gasteiger partial charge in [-0.15, -0.1) is 0 Å². The van der Waals surface area contributed by atoms with Gasteiger partial charge in [-0.05, 0) is 32.7 Å². The number of amides is 3. The van der Waals surface area contributed by atoms with Gasteiger partial charge in [0.1, 0.15) is 0 Å². The molecule has 2 saturated heterocycles. The molecule has 2 heterocycles. The molecule has 154 valence electrons. The number of likely N-dealkylation sites (tertiary alicyclic amines) is 1. The summed E-state index contributed by atoms with van der Waals surface area (Å²) >= 11 is 0. The standard InChI is InChI=1S/C20H36N4O3/c1-22-12-13-24(19(26)21-17-6-4-3-5-7-17)16-20(22)9-8-18(25)23(11-10-20)14-15-27-2/h17H,3-16H2,1-2H3,(H,21,26)/t20-/m0/s1. The van der Waals surface area contributed by atoms with E-state index in [4.69, 9.17) is 4.74 Å². The molecule has 0 bridgehead atoms. The first-order valence-corrected chi connectivity index (χ1v) is 10.6. The van der Waals surface area contributed by atoms with E-state index in [1.54, 1.807) is 7.11 Å². The third kappa shape index (κ3) is 4.93. The third-order valence-corrected chi connectivity index (χ3v) is 6.79. The van der Waals surface area contributed by atoms with E-state index in [1.165, 1.54) is 19.3 Å². The van der Waals surface area contributed by atoms with Gasteiger partial charge in [-0.1, -0.05) is 19.3 Å². The normalized spacial score (nSPS) is 28.4. The first kappa shape index (κ1) is 20.4. The molecule has 7 heteroatoms. The molecular weight excluding hydrogens is 344 g/mol. The molecule has 0 aromatic heterocycles. The Hall–Kier alpha value is -1.34. The van der Waals surface area contributed by atoms with E-state index in [2.05, 4.69) is 17.3 Å². The number of hydrogen-bond donors (Lipinski definition) is 1. The van der Waals surface area contributed by atoms with E-state index in [0.717, 1.165) is 45.3 Å². The summed E-state index contributed by atoms with van der Waals surface area (Å²) in [7, 11) is 3.81. The molecule has 1 N–H and O–H groups in total. The predicted octanol–water partition coefficient (Wildman–Crippen LogP) is 1.67. The van der Waals surface area contributed by atoms with Crippen molar-refractivity contribution >= 4 is 11.9 Å². The van der Waals surface area contributed by atoms with Crippen molar-refractivity contribution in [1.29, 1.82) is 0 Å². The second kappa shape index (κ2) is 9.24. The fourth-order valence-corrected chi connectivity index (χ4v) is 4.82. The number of carbonyl (C=O) groups is 2. The lowest BCUT2D eigenvalue weighted by Crippen LogP contribution is -2.63. The second-order valence-corrected chi connectivity index (χ2v) is 8.48. The van der Waals surface area contributed by atoms with Crippen LogP contribution >= 0.6 is 0 Å². The second-order valence-electron chi connectivity index (χ2n) is 8.48. The summed E-state index contributed by atoms with van der Waals surface area (Å²) in [5.41, 5.74) is -0.0976. The lowest BCUT2D eigenvalue weighted by Gasteiger charge is -2.49. The molecule has 1 aliphatic carbocycles. The lowest BCUT2D eigenvalue weighted by atomic mass is 9.86. The highest BCUT2D eigenvalue weighted by atomic mass is 16.5. The van der Waals surface area contributed by atoms with Gasteiger partial charge in [0.15, 0.2) is 0 Å².